The van der Waals surface area contributed by atoms with Gasteiger partial charge >= 0.3 is 0 Å². The van der Waals surface area contributed by atoms with Gasteiger partial charge in [-0.05, 0) is 36.4 Å². The van der Waals surface area contributed by atoms with Gasteiger partial charge < -0.3 is 14.7 Å². The van der Waals surface area contributed by atoms with E-state index in [-0.39, 0.29) is 11.7 Å². The average molecular weight is 349 g/mol. The summed E-state index contributed by atoms with van der Waals surface area (Å²) in [5.41, 5.74) is 2.19. The van der Waals surface area contributed by atoms with E-state index in [1.807, 2.05) is 24.3 Å². The summed E-state index contributed by atoms with van der Waals surface area (Å²) in [5, 5.41) is 2.78. The normalized spacial score (nSPS) is 11.0. The highest BCUT2D eigenvalue weighted by atomic mass is 19.1. The van der Waals surface area contributed by atoms with Gasteiger partial charge in [-0.1, -0.05) is 24.3 Å². The molecule has 0 saturated heterocycles. The van der Waals surface area contributed by atoms with E-state index < -0.39 is 5.82 Å². The molecule has 0 bridgehead atoms. The number of imidazole rings is 1. The summed E-state index contributed by atoms with van der Waals surface area (Å²) in [5.74, 6) is 0.541. The van der Waals surface area contributed by atoms with Crippen molar-refractivity contribution in [3.63, 3.8) is 0 Å². The van der Waals surface area contributed by atoms with Crippen molar-refractivity contribution in [3.8, 4) is 11.3 Å². The molecular weight excluding hydrogens is 333 g/mol. The molecule has 0 atom stereocenters. The van der Waals surface area contributed by atoms with Crippen LogP contribution in [0.2, 0.25) is 0 Å². The number of hydrogen-bond acceptors (Lipinski definition) is 3. The molecule has 130 valence electrons. The minimum absolute atomic E-state index is 0.146. The monoisotopic (exact) mass is 349 g/mol. The number of para-hydroxylation sites is 2. The molecule has 0 saturated carbocycles. The van der Waals surface area contributed by atoms with Crippen molar-refractivity contribution in [2.24, 2.45) is 0 Å². The van der Waals surface area contributed by atoms with Crippen molar-refractivity contribution < 1.29 is 13.6 Å². The molecule has 0 aliphatic heterocycles. The minimum Gasteiger partial charge on any atom is -0.451 e. The van der Waals surface area contributed by atoms with Crippen LogP contribution < -0.4 is 5.32 Å². The predicted octanol–water partition coefficient (Wildman–Crippen LogP) is 3.93. The molecular formula is C20H16FN3O2. The van der Waals surface area contributed by atoms with E-state index in [0.717, 1.165) is 16.9 Å². The standard InChI is InChI=1S/C20H16FN3O2/c21-14-6-2-1-5-13(14)17-9-10-18(26-17)20(25)22-12-11-19-23-15-7-3-4-8-16(15)24-19/h1-10H,11-12H2,(H,22,25)(H,23,24). The summed E-state index contributed by atoms with van der Waals surface area (Å²) in [4.78, 5) is 19.9. The van der Waals surface area contributed by atoms with E-state index in [1.165, 1.54) is 12.1 Å². The summed E-state index contributed by atoms with van der Waals surface area (Å²) in [7, 11) is 0. The number of nitrogens with one attached hydrogen (secondary N) is 2. The van der Waals surface area contributed by atoms with Crippen LogP contribution in [0.3, 0.4) is 0 Å². The third-order valence-electron chi connectivity index (χ3n) is 4.05. The molecule has 0 spiro atoms. The van der Waals surface area contributed by atoms with Gasteiger partial charge in [0.05, 0.1) is 16.6 Å². The van der Waals surface area contributed by atoms with E-state index >= 15 is 0 Å². The van der Waals surface area contributed by atoms with Gasteiger partial charge in [-0.15, -0.1) is 0 Å². The van der Waals surface area contributed by atoms with Gasteiger partial charge in [0.2, 0.25) is 0 Å². The zero-order valence-corrected chi connectivity index (χ0v) is 13.8. The molecule has 2 heterocycles. The molecule has 4 aromatic rings. The number of halogens is 1. The first-order valence-electron chi connectivity index (χ1n) is 8.27. The maximum atomic E-state index is 13.8. The van der Waals surface area contributed by atoms with Crippen LogP contribution in [0.4, 0.5) is 4.39 Å². The van der Waals surface area contributed by atoms with E-state index in [9.17, 15) is 9.18 Å². The molecule has 6 heteroatoms. The van der Waals surface area contributed by atoms with Crippen molar-refractivity contribution >= 4 is 16.9 Å². The number of furan rings is 1. The summed E-state index contributed by atoms with van der Waals surface area (Å²) < 4.78 is 19.3. The maximum absolute atomic E-state index is 13.8. The Hall–Kier alpha value is -3.41. The Balaban J connectivity index is 1.38. The Kier molecular flexibility index (Phi) is 4.23. The van der Waals surface area contributed by atoms with Crippen LogP contribution in [0.1, 0.15) is 16.4 Å². The molecule has 2 N–H and O–H groups in total. The van der Waals surface area contributed by atoms with Crippen molar-refractivity contribution in [3.05, 3.63) is 78.1 Å². The van der Waals surface area contributed by atoms with E-state index in [1.54, 1.807) is 24.3 Å². The quantitative estimate of drug-likeness (QED) is 0.573. The predicted molar refractivity (Wildman–Crippen MR) is 96.2 cm³/mol. The fourth-order valence-electron chi connectivity index (χ4n) is 2.77. The molecule has 0 aliphatic carbocycles. The second kappa shape index (κ2) is 6.84. The lowest BCUT2D eigenvalue weighted by molar-refractivity contribution is 0.0927. The molecule has 0 aliphatic rings. The number of amides is 1. The second-order valence-electron chi connectivity index (χ2n) is 5.85. The number of hydrogen-bond donors (Lipinski definition) is 2. The number of rotatable bonds is 5. The Morgan fingerprint density at radius 1 is 1.08 bits per heavy atom. The summed E-state index contributed by atoms with van der Waals surface area (Å²) in [6.45, 7) is 0.411. The van der Waals surface area contributed by atoms with Crippen LogP contribution in [0, 0.1) is 5.82 Å². The average Bonchev–Trinajstić information content (AvgIpc) is 3.28. The van der Waals surface area contributed by atoms with Gasteiger partial charge in [-0.3, -0.25) is 4.79 Å². The van der Waals surface area contributed by atoms with Gasteiger partial charge in [0.25, 0.3) is 5.91 Å². The lowest BCUT2D eigenvalue weighted by atomic mass is 10.1. The van der Waals surface area contributed by atoms with Crippen LogP contribution in [0.5, 0.6) is 0 Å². The van der Waals surface area contributed by atoms with Gasteiger partial charge in [0.1, 0.15) is 17.4 Å². The summed E-state index contributed by atoms with van der Waals surface area (Å²) in [6.07, 6.45) is 0.571. The van der Waals surface area contributed by atoms with Crippen molar-refractivity contribution in [2.45, 2.75) is 6.42 Å². The van der Waals surface area contributed by atoms with Crippen molar-refractivity contribution in [1.29, 1.82) is 0 Å². The molecule has 0 fully saturated rings. The topological polar surface area (TPSA) is 70.9 Å². The van der Waals surface area contributed by atoms with Crippen LogP contribution in [0.25, 0.3) is 22.4 Å². The van der Waals surface area contributed by atoms with Crippen LogP contribution in [-0.2, 0) is 6.42 Å². The van der Waals surface area contributed by atoms with Crippen LogP contribution in [-0.4, -0.2) is 22.4 Å². The summed E-state index contributed by atoms with van der Waals surface area (Å²) >= 11 is 0. The van der Waals surface area contributed by atoms with Gasteiger partial charge in [0.15, 0.2) is 5.76 Å². The van der Waals surface area contributed by atoms with Gasteiger partial charge in [0, 0.05) is 13.0 Å². The molecule has 4 rings (SSSR count). The molecule has 26 heavy (non-hydrogen) atoms. The zero-order chi connectivity index (χ0) is 17.9. The minimum atomic E-state index is -0.390. The van der Waals surface area contributed by atoms with Crippen molar-refractivity contribution in [2.75, 3.05) is 6.54 Å². The largest absolute Gasteiger partial charge is 0.451 e. The zero-order valence-electron chi connectivity index (χ0n) is 13.8. The molecule has 2 aromatic carbocycles. The Labute approximate surface area is 148 Å². The number of H-pyrrole nitrogens is 1. The molecule has 5 nitrogen and oxygen atoms in total. The fourth-order valence-corrected chi connectivity index (χ4v) is 2.77. The molecule has 1 amide bonds. The number of aromatic amines is 1. The molecule has 2 aromatic heterocycles. The third-order valence-corrected chi connectivity index (χ3v) is 4.05. The number of carbonyl (C=O) groups excluding carboxylic acids is 1. The summed E-state index contributed by atoms with van der Waals surface area (Å²) in [6, 6.07) is 17.2. The fraction of sp³-hybridized carbons (Fsp3) is 0.100. The lowest BCUT2D eigenvalue weighted by Crippen LogP contribution is -2.25. The highest BCUT2D eigenvalue weighted by Crippen LogP contribution is 2.24. The molecule has 0 unspecified atom stereocenters. The van der Waals surface area contributed by atoms with Gasteiger partial charge in [-0.2, -0.15) is 0 Å². The Morgan fingerprint density at radius 3 is 2.73 bits per heavy atom. The van der Waals surface area contributed by atoms with Crippen molar-refractivity contribution in [1.82, 2.24) is 15.3 Å². The first-order chi connectivity index (χ1) is 12.7. The van der Waals surface area contributed by atoms with Crippen LogP contribution >= 0.6 is 0 Å². The highest BCUT2D eigenvalue weighted by molar-refractivity contribution is 5.92. The SMILES string of the molecule is O=C(NCCc1nc2ccccc2[nH]1)c1ccc(-c2ccccc2F)o1. The van der Waals surface area contributed by atoms with E-state index in [0.29, 0.717) is 24.3 Å². The van der Waals surface area contributed by atoms with Gasteiger partial charge in [-0.25, -0.2) is 9.37 Å². The number of fused-ring (bicyclic) bond motifs is 1. The highest BCUT2D eigenvalue weighted by Gasteiger charge is 2.14. The number of benzene rings is 2. The smallest absolute Gasteiger partial charge is 0.287 e. The third kappa shape index (κ3) is 3.21. The number of carbonyl (C=O) groups is 1. The van der Waals surface area contributed by atoms with E-state index in [2.05, 4.69) is 15.3 Å². The number of aromatic nitrogens is 2. The lowest BCUT2D eigenvalue weighted by Gasteiger charge is -2.02. The Bertz CT molecular complexity index is 1030. The first-order valence-corrected chi connectivity index (χ1v) is 8.27. The van der Waals surface area contributed by atoms with Crippen LogP contribution in [0.15, 0.2) is 65.1 Å². The Morgan fingerprint density at radius 2 is 1.88 bits per heavy atom. The second-order valence-corrected chi connectivity index (χ2v) is 5.85. The number of nitrogens with zero attached hydrogens (tertiary/aromatic N) is 1. The molecule has 0 radical (unpaired) electrons. The van der Waals surface area contributed by atoms with E-state index in [4.69, 9.17) is 4.42 Å². The maximum Gasteiger partial charge on any atom is 0.287 e. The first kappa shape index (κ1) is 16.1.